The Balaban J connectivity index is 0.00000235. The van der Waals surface area contributed by atoms with Crippen molar-refractivity contribution < 1.29 is 5.11 Å². The van der Waals surface area contributed by atoms with Crippen LogP contribution in [0.15, 0.2) is 78.9 Å². The number of hydrogen-bond acceptors (Lipinski definition) is 4. The molecule has 2 heterocycles. The summed E-state index contributed by atoms with van der Waals surface area (Å²) >= 11 is 0. The molecule has 2 N–H and O–H groups in total. The van der Waals surface area contributed by atoms with Gasteiger partial charge in [0.25, 0.3) is 0 Å². The van der Waals surface area contributed by atoms with E-state index in [1.54, 1.807) is 0 Å². The van der Waals surface area contributed by atoms with Crippen molar-refractivity contribution in [3.63, 3.8) is 0 Å². The van der Waals surface area contributed by atoms with Gasteiger partial charge in [0, 0.05) is 44.0 Å². The van der Waals surface area contributed by atoms with Gasteiger partial charge in [-0.25, -0.2) is 4.98 Å². The van der Waals surface area contributed by atoms with Crippen molar-refractivity contribution in [1.29, 1.82) is 0 Å². The summed E-state index contributed by atoms with van der Waals surface area (Å²) in [4.78, 5) is 13.2. The Hall–Kier alpha value is -2.38. The predicted octanol–water partition coefficient (Wildman–Crippen LogP) is 8.69. The summed E-state index contributed by atoms with van der Waals surface area (Å²) in [6.07, 6.45) is -0.631. The number of rotatable bonds is 7. The Kier molecular flexibility index (Phi) is 13.8. The van der Waals surface area contributed by atoms with Gasteiger partial charge in [0.15, 0.2) is 0 Å². The Morgan fingerprint density at radius 3 is 1.73 bits per heavy atom. The number of piperazine rings is 1. The highest BCUT2D eigenvalue weighted by molar-refractivity contribution is 5.86. The lowest BCUT2D eigenvalue weighted by molar-refractivity contribution is 0.0606. The molecule has 0 amide bonds. The lowest BCUT2D eigenvalue weighted by atomic mass is 9.82. The zero-order valence-corrected chi connectivity index (χ0v) is 30.2. The fourth-order valence-electron chi connectivity index (χ4n) is 6.03. The molecule has 1 aliphatic rings. The van der Waals surface area contributed by atoms with Gasteiger partial charge in [-0.1, -0.05) is 120 Å². The van der Waals surface area contributed by atoms with Crippen LogP contribution in [-0.4, -0.2) is 57.6 Å². The van der Waals surface area contributed by atoms with Crippen molar-refractivity contribution in [2.24, 2.45) is 0 Å². The topological polar surface area (TPSA) is 55.4 Å². The molecule has 5 rings (SSSR count). The first-order valence-corrected chi connectivity index (χ1v) is 15.4. The summed E-state index contributed by atoms with van der Waals surface area (Å²) in [6, 6.07) is 28.7. The molecule has 1 saturated heterocycles. The lowest BCUT2D eigenvalue weighted by Crippen LogP contribution is -2.48. The van der Waals surface area contributed by atoms with E-state index in [2.05, 4.69) is 105 Å². The number of aliphatic hydroxyl groups is 1. The van der Waals surface area contributed by atoms with Crippen molar-refractivity contribution >= 4 is 37.2 Å². The number of aliphatic hydroxyl groups excluding tert-OH is 1. The Labute approximate surface area is 289 Å². The van der Waals surface area contributed by atoms with E-state index in [4.69, 9.17) is 4.98 Å². The number of imidazole rings is 1. The maximum absolute atomic E-state index is 11.2. The average Bonchev–Trinajstić information content (AvgIpc) is 3.36. The van der Waals surface area contributed by atoms with E-state index < -0.39 is 6.10 Å². The van der Waals surface area contributed by atoms with Gasteiger partial charge in [0.05, 0.1) is 11.7 Å². The summed E-state index contributed by atoms with van der Waals surface area (Å²) in [5.74, 6) is 0.810. The third-order valence-corrected chi connectivity index (χ3v) is 8.63. The number of aryl methyl sites for hydroxylation is 1. The van der Waals surface area contributed by atoms with Gasteiger partial charge in [0.2, 0.25) is 0 Å². The normalized spacial score (nSPS) is 15.1. The summed E-state index contributed by atoms with van der Waals surface area (Å²) in [7, 11) is 0. The number of nitrogens with one attached hydrogen (secondary N) is 1. The second kappa shape index (κ2) is 15.9. The number of nitrogens with zero attached hydrogens (tertiary/aromatic N) is 3. The van der Waals surface area contributed by atoms with E-state index in [9.17, 15) is 5.11 Å². The van der Waals surface area contributed by atoms with Crippen LogP contribution in [0, 0.1) is 6.92 Å². The molecule has 1 atom stereocenters. The molecule has 0 radical (unpaired) electrons. The fraction of sp³-hybridized carbons (Fsp3) is 0.432. The number of aromatic amines is 1. The van der Waals surface area contributed by atoms with Crippen LogP contribution in [0.4, 0.5) is 0 Å². The monoisotopic (exact) mass is 672 g/mol. The highest BCUT2D eigenvalue weighted by atomic mass is 35.5. The molecule has 1 aliphatic heterocycles. The zero-order chi connectivity index (χ0) is 30.1. The van der Waals surface area contributed by atoms with Crippen LogP contribution < -0.4 is 0 Å². The molecule has 0 bridgehead atoms. The second-order valence-electron chi connectivity index (χ2n) is 14.0. The zero-order valence-electron chi connectivity index (χ0n) is 27.7. The van der Waals surface area contributed by atoms with E-state index in [-0.39, 0.29) is 54.1 Å². The summed E-state index contributed by atoms with van der Waals surface area (Å²) in [5.41, 5.74) is 8.31. The largest absolute Gasteiger partial charge is 0.385 e. The molecular weight excluding hydrogens is 623 g/mol. The average molecular weight is 674 g/mol. The van der Waals surface area contributed by atoms with E-state index in [1.807, 2.05) is 37.3 Å². The van der Waals surface area contributed by atoms with E-state index >= 15 is 0 Å². The molecule has 0 aliphatic carbocycles. The molecule has 1 aromatic heterocycles. The van der Waals surface area contributed by atoms with Gasteiger partial charge in [-0.05, 0) is 40.0 Å². The van der Waals surface area contributed by atoms with Crippen LogP contribution in [0.1, 0.15) is 87.3 Å². The maximum atomic E-state index is 11.2. The van der Waals surface area contributed by atoms with Crippen LogP contribution in [0.2, 0.25) is 0 Å². The van der Waals surface area contributed by atoms with Crippen LogP contribution in [0.3, 0.4) is 0 Å². The maximum Gasteiger partial charge on any atom is 0.137 e. The molecule has 45 heavy (non-hydrogen) atoms. The SMILES string of the molecule is Cc1[nH]c(-c2ccccc2)nc1C(O)CN1CCN(C(c2cccc(C(C)(C)C)c2)c2cccc(C(C)(C)C)c2)CC1.Cl.Cl.Cl. The first kappa shape index (κ1) is 38.8. The number of halogens is 3. The summed E-state index contributed by atoms with van der Waals surface area (Å²) < 4.78 is 0. The predicted molar refractivity (Wildman–Crippen MR) is 196 cm³/mol. The molecule has 4 aromatic rings. The van der Waals surface area contributed by atoms with Crippen LogP contribution in [0.25, 0.3) is 11.4 Å². The first-order valence-electron chi connectivity index (χ1n) is 15.4. The third-order valence-electron chi connectivity index (χ3n) is 8.63. The van der Waals surface area contributed by atoms with Gasteiger partial charge in [-0.2, -0.15) is 0 Å². The molecular formula is C37H51Cl3N4O. The number of benzene rings is 3. The first-order chi connectivity index (χ1) is 19.9. The highest BCUT2D eigenvalue weighted by Gasteiger charge is 2.30. The molecule has 3 aromatic carbocycles. The lowest BCUT2D eigenvalue weighted by Gasteiger charge is -2.40. The van der Waals surface area contributed by atoms with Crippen molar-refractivity contribution in [3.8, 4) is 11.4 Å². The van der Waals surface area contributed by atoms with Gasteiger partial charge < -0.3 is 10.1 Å². The Morgan fingerprint density at radius 1 is 0.733 bits per heavy atom. The molecule has 1 fully saturated rings. The third kappa shape index (κ3) is 9.34. The van der Waals surface area contributed by atoms with E-state index in [0.29, 0.717) is 6.54 Å². The Bertz CT molecular complexity index is 1430. The van der Waals surface area contributed by atoms with Crippen molar-refractivity contribution in [2.75, 3.05) is 32.7 Å². The minimum absolute atomic E-state index is 0. The number of aromatic nitrogens is 2. The molecule has 0 saturated carbocycles. The van der Waals surface area contributed by atoms with Crippen LogP contribution in [0.5, 0.6) is 0 Å². The van der Waals surface area contributed by atoms with Crippen molar-refractivity contribution in [1.82, 2.24) is 19.8 Å². The van der Waals surface area contributed by atoms with Gasteiger partial charge >= 0.3 is 0 Å². The van der Waals surface area contributed by atoms with Gasteiger partial charge in [0.1, 0.15) is 11.9 Å². The molecule has 0 spiro atoms. The quantitative estimate of drug-likeness (QED) is 0.206. The van der Waals surface area contributed by atoms with Gasteiger partial charge in [-0.3, -0.25) is 9.80 Å². The Morgan fingerprint density at radius 2 is 1.24 bits per heavy atom. The summed E-state index contributed by atoms with van der Waals surface area (Å²) in [6.45, 7) is 20.0. The molecule has 246 valence electrons. The highest BCUT2D eigenvalue weighted by Crippen LogP contribution is 2.35. The van der Waals surface area contributed by atoms with Gasteiger partial charge in [-0.15, -0.1) is 37.2 Å². The number of H-pyrrole nitrogens is 1. The molecule has 5 nitrogen and oxygen atoms in total. The molecule has 8 heteroatoms. The van der Waals surface area contributed by atoms with Crippen molar-refractivity contribution in [3.05, 3.63) is 113 Å². The van der Waals surface area contributed by atoms with E-state index in [0.717, 1.165) is 49.0 Å². The summed E-state index contributed by atoms with van der Waals surface area (Å²) in [5, 5.41) is 11.2. The van der Waals surface area contributed by atoms with Crippen molar-refractivity contribution in [2.45, 2.75) is 71.4 Å². The molecule has 1 unspecified atom stereocenters. The van der Waals surface area contributed by atoms with Crippen LogP contribution >= 0.6 is 37.2 Å². The minimum Gasteiger partial charge on any atom is -0.385 e. The second-order valence-corrected chi connectivity index (χ2v) is 14.0. The fourth-order valence-corrected chi connectivity index (χ4v) is 6.03. The number of β-amino-alcohol motifs (C(OH)–C–C–N with tert-alkyl or cyclic N) is 1. The van der Waals surface area contributed by atoms with E-state index in [1.165, 1.54) is 22.3 Å². The number of hydrogen-bond donors (Lipinski definition) is 2. The van der Waals surface area contributed by atoms with Crippen LogP contribution in [-0.2, 0) is 10.8 Å². The standard InChI is InChI=1S/C37H48N4O.3ClH/c1-26-33(39-35(38-26)27-13-9-8-10-14-27)32(42)25-40-19-21-41(22-20-40)34(28-15-11-17-30(23-28)36(2,3)4)29-16-12-18-31(24-29)37(5,6)7;;;/h8-18,23-24,32,34,42H,19-22,25H2,1-7H3,(H,38,39);3*1H. The smallest absolute Gasteiger partial charge is 0.137 e. The minimum atomic E-state index is -0.631.